The number of ether oxygens (including phenoxy) is 1. The maximum atomic E-state index is 9.78. The van der Waals surface area contributed by atoms with E-state index in [-0.39, 0.29) is 6.10 Å². The van der Waals surface area contributed by atoms with Gasteiger partial charge in [-0.05, 0) is 30.9 Å². The van der Waals surface area contributed by atoms with E-state index in [9.17, 15) is 5.11 Å². The Morgan fingerprint density at radius 3 is 2.40 bits per heavy atom. The molecule has 0 heterocycles. The van der Waals surface area contributed by atoms with E-state index in [1.54, 1.807) is 7.11 Å². The predicted molar refractivity (Wildman–Crippen MR) is 59.8 cm³/mol. The summed E-state index contributed by atoms with van der Waals surface area (Å²) in [5.41, 5.74) is 2.00. The average Bonchev–Trinajstić information content (AvgIpc) is 2.96. The summed E-state index contributed by atoms with van der Waals surface area (Å²) in [5, 5.41) is 9.78. The fourth-order valence-electron chi connectivity index (χ4n) is 1.74. The number of hydrogen-bond donors (Lipinski definition) is 1. The van der Waals surface area contributed by atoms with E-state index in [1.165, 1.54) is 11.1 Å². The Balaban J connectivity index is 2.03. The molecule has 1 aliphatic rings. The van der Waals surface area contributed by atoms with Crippen molar-refractivity contribution in [3.05, 3.63) is 35.4 Å². The van der Waals surface area contributed by atoms with Crippen LogP contribution in [0.2, 0.25) is 0 Å². The van der Waals surface area contributed by atoms with Crippen LogP contribution in [0.15, 0.2) is 24.3 Å². The Hall–Kier alpha value is -0.860. The number of benzene rings is 1. The maximum absolute atomic E-state index is 9.78. The number of hydrogen-bond acceptors (Lipinski definition) is 2. The second kappa shape index (κ2) is 3.95. The molecule has 0 aromatic heterocycles. The molecule has 0 aliphatic heterocycles. The fraction of sp³-hybridized carbons (Fsp3) is 0.538. The van der Waals surface area contributed by atoms with Crippen molar-refractivity contribution in [1.29, 1.82) is 0 Å². The molecule has 82 valence electrons. The molecule has 0 radical (unpaired) electrons. The molecule has 2 rings (SSSR count). The molecule has 1 N–H and O–H groups in total. The zero-order valence-corrected chi connectivity index (χ0v) is 9.36. The van der Waals surface area contributed by atoms with Crippen LogP contribution in [0, 0.1) is 0 Å². The van der Waals surface area contributed by atoms with Crippen molar-refractivity contribution in [3.8, 4) is 0 Å². The third-order valence-corrected chi connectivity index (χ3v) is 3.16. The summed E-state index contributed by atoms with van der Waals surface area (Å²) in [4.78, 5) is 0. The maximum Gasteiger partial charge on any atom is 0.0793 e. The summed E-state index contributed by atoms with van der Waals surface area (Å²) >= 11 is 0. The van der Waals surface area contributed by atoms with Gasteiger partial charge in [0.1, 0.15) is 0 Å². The van der Waals surface area contributed by atoms with Crippen LogP contribution in [0.3, 0.4) is 0 Å². The molecule has 0 bridgehead atoms. The van der Waals surface area contributed by atoms with Crippen LogP contribution < -0.4 is 0 Å². The van der Waals surface area contributed by atoms with Crippen LogP contribution >= 0.6 is 0 Å². The third kappa shape index (κ3) is 2.58. The van der Waals surface area contributed by atoms with Gasteiger partial charge in [0.15, 0.2) is 0 Å². The predicted octanol–water partition coefficient (Wildman–Crippen LogP) is 2.46. The molecule has 2 nitrogen and oxygen atoms in total. The zero-order valence-electron chi connectivity index (χ0n) is 9.36. The molecule has 1 aromatic carbocycles. The minimum absolute atomic E-state index is 0.142. The van der Waals surface area contributed by atoms with Crippen molar-refractivity contribution in [1.82, 2.24) is 0 Å². The number of aliphatic hydroxyl groups is 1. The Kier molecular flexibility index (Phi) is 2.81. The number of rotatable bonds is 4. The van der Waals surface area contributed by atoms with Gasteiger partial charge in [0.2, 0.25) is 0 Å². The smallest absolute Gasteiger partial charge is 0.0793 e. The normalized spacial score (nSPS) is 19.9. The Morgan fingerprint density at radius 1 is 1.33 bits per heavy atom. The minimum atomic E-state index is -0.394. The first-order valence-corrected chi connectivity index (χ1v) is 5.47. The topological polar surface area (TPSA) is 29.5 Å². The van der Waals surface area contributed by atoms with Gasteiger partial charge in [0.05, 0.1) is 11.7 Å². The summed E-state index contributed by atoms with van der Waals surface area (Å²) in [6, 6.07) is 8.33. The van der Waals surface area contributed by atoms with Gasteiger partial charge >= 0.3 is 0 Å². The first-order valence-electron chi connectivity index (χ1n) is 5.47. The third-order valence-electron chi connectivity index (χ3n) is 3.16. The van der Waals surface area contributed by atoms with Crippen molar-refractivity contribution in [3.63, 3.8) is 0 Å². The zero-order chi connectivity index (χ0) is 10.9. The van der Waals surface area contributed by atoms with Crippen molar-refractivity contribution < 1.29 is 9.84 Å². The van der Waals surface area contributed by atoms with E-state index in [0.717, 1.165) is 19.3 Å². The van der Waals surface area contributed by atoms with Crippen LogP contribution in [-0.2, 0) is 11.2 Å². The molecule has 1 aliphatic carbocycles. The summed E-state index contributed by atoms with van der Waals surface area (Å²) < 4.78 is 5.24. The SMILES string of the molecule is COC(C)c1ccc(CC2(O)CC2)cc1. The monoisotopic (exact) mass is 206 g/mol. The number of methoxy groups -OCH3 is 1. The van der Waals surface area contributed by atoms with E-state index in [0.29, 0.717) is 0 Å². The van der Waals surface area contributed by atoms with E-state index < -0.39 is 5.60 Å². The molecule has 1 fully saturated rings. The highest BCUT2D eigenvalue weighted by Crippen LogP contribution is 2.38. The van der Waals surface area contributed by atoms with Crippen LogP contribution in [-0.4, -0.2) is 17.8 Å². The molecular formula is C13H18O2. The Morgan fingerprint density at radius 2 is 1.93 bits per heavy atom. The molecule has 1 saturated carbocycles. The lowest BCUT2D eigenvalue weighted by Gasteiger charge is -2.11. The van der Waals surface area contributed by atoms with Crippen LogP contribution in [0.4, 0.5) is 0 Å². The van der Waals surface area contributed by atoms with Crippen LogP contribution in [0.5, 0.6) is 0 Å². The van der Waals surface area contributed by atoms with Gasteiger partial charge in [-0.1, -0.05) is 24.3 Å². The van der Waals surface area contributed by atoms with Gasteiger partial charge in [-0.15, -0.1) is 0 Å². The van der Waals surface area contributed by atoms with Gasteiger partial charge in [0.25, 0.3) is 0 Å². The summed E-state index contributed by atoms with van der Waals surface area (Å²) in [6.45, 7) is 2.03. The molecule has 0 saturated heterocycles. The van der Waals surface area contributed by atoms with Gasteiger partial charge in [-0.25, -0.2) is 0 Å². The molecule has 2 heteroatoms. The van der Waals surface area contributed by atoms with Crippen molar-refractivity contribution in [2.75, 3.05) is 7.11 Å². The summed E-state index contributed by atoms with van der Waals surface area (Å²) in [7, 11) is 1.71. The molecule has 1 aromatic rings. The van der Waals surface area contributed by atoms with Crippen LogP contribution in [0.1, 0.15) is 37.0 Å². The first-order chi connectivity index (χ1) is 7.13. The quantitative estimate of drug-likeness (QED) is 0.820. The van der Waals surface area contributed by atoms with E-state index in [1.807, 2.05) is 6.92 Å². The second-order valence-corrected chi connectivity index (χ2v) is 4.52. The van der Waals surface area contributed by atoms with E-state index in [2.05, 4.69) is 24.3 Å². The lowest BCUT2D eigenvalue weighted by molar-refractivity contribution is 0.119. The average molecular weight is 206 g/mol. The Bertz CT molecular complexity index is 325. The highest BCUT2D eigenvalue weighted by molar-refractivity contribution is 5.26. The first kappa shape index (κ1) is 10.7. The highest BCUT2D eigenvalue weighted by Gasteiger charge is 2.39. The van der Waals surface area contributed by atoms with Gasteiger partial charge < -0.3 is 9.84 Å². The van der Waals surface area contributed by atoms with Gasteiger partial charge in [-0.3, -0.25) is 0 Å². The Labute approximate surface area is 90.9 Å². The summed E-state index contributed by atoms with van der Waals surface area (Å²) in [6.07, 6.45) is 2.82. The summed E-state index contributed by atoms with van der Waals surface area (Å²) in [5.74, 6) is 0. The second-order valence-electron chi connectivity index (χ2n) is 4.52. The highest BCUT2D eigenvalue weighted by atomic mass is 16.5. The molecule has 1 atom stereocenters. The molecule has 0 amide bonds. The lowest BCUT2D eigenvalue weighted by atomic mass is 10.0. The van der Waals surface area contributed by atoms with Crippen molar-refractivity contribution in [2.45, 2.75) is 37.9 Å². The fourth-order valence-corrected chi connectivity index (χ4v) is 1.74. The molecule has 1 unspecified atom stereocenters. The van der Waals surface area contributed by atoms with Crippen molar-refractivity contribution >= 4 is 0 Å². The molecular weight excluding hydrogens is 188 g/mol. The van der Waals surface area contributed by atoms with Crippen molar-refractivity contribution in [2.24, 2.45) is 0 Å². The van der Waals surface area contributed by atoms with Gasteiger partial charge in [0, 0.05) is 13.5 Å². The van der Waals surface area contributed by atoms with E-state index in [4.69, 9.17) is 4.74 Å². The minimum Gasteiger partial charge on any atom is -0.390 e. The van der Waals surface area contributed by atoms with Gasteiger partial charge in [-0.2, -0.15) is 0 Å². The largest absolute Gasteiger partial charge is 0.390 e. The lowest BCUT2D eigenvalue weighted by Crippen LogP contribution is -2.10. The van der Waals surface area contributed by atoms with Crippen LogP contribution in [0.25, 0.3) is 0 Å². The standard InChI is InChI=1S/C13H18O2/c1-10(15-2)12-5-3-11(4-6-12)9-13(14)7-8-13/h3-6,10,14H,7-9H2,1-2H3. The molecule has 15 heavy (non-hydrogen) atoms. The van der Waals surface area contributed by atoms with E-state index >= 15 is 0 Å². The molecule has 0 spiro atoms.